The summed E-state index contributed by atoms with van der Waals surface area (Å²) in [5.74, 6) is 0.854. The first kappa shape index (κ1) is 17.6. The first-order chi connectivity index (χ1) is 13.2. The molecule has 0 amide bonds. The Morgan fingerprint density at radius 2 is 1.85 bits per heavy atom. The number of halogens is 1. The van der Waals surface area contributed by atoms with Crippen LogP contribution in [0.1, 0.15) is 11.1 Å². The van der Waals surface area contributed by atoms with Gasteiger partial charge in [-0.15, -0.1) is 0 Å². The van der Waals surface area contributed by atoms with E-state index in [1.54, 1.807) is 25.3 Å². The van der Waals surface area contributed by atoms with E-state index in [9.17, 15) is 4.79 Å². The van der Waals surface area contributed by atoms with E-state index in [0.717, 1.165) is 16.9 Å². The Balaban J connectivity index is 1.61. The van der Waals surface area contributed by atoms with Gasteiger partial charge in [0.05, 0.1) is 22.9 Å². The van der Waals surface area contributed by atoms with Crippen molar-refractivity contribution >= 4 is 33.5 Å². The number of benzene rings is 3. The third kappa shape index (κ3) is 3.42. The number of hydrogen-bond donors (Lipinski definition) is 1. The Morgan fingerprint density at radius 3 is 2.70 bits per heavy atom. The molecule has 0 bridgehead atoms. The summed E-state index contributed by atoms with van der Waals surface area (Å²) in [6.45, 7) is 1.30. The summed E-state index contributed by atoms with van der Waals surface area (Å²) in [7, 11) is 1.66. The van der Waals surface area contributed by atoms with Crippen molar-refractivity contribution in [3.63, 3.8) is 0 Å². The lowest BCUT2D eigenvalue weighted by Gasteiger charge is -2.10. The molecule has 27 heavy (non-hydrogen) atoms. The topological polar surface area (TPSA) is 51.5 Å². The van der Waals surface area contributed by atoms with Gasteiger partial charge < -0.3 is 14.5 Å². The van der Waals surface area contributed by atoms with E-state index in [1.807, 2.05) is 42.5 Å². The van der Waals surface area contributed by atoms with Crippen LogP contribution < -0.4 is 15.5 Å². The van der Waals surface area contributed by atoms with Crippen LogP contribution in [0.3, 0.4) is 0 Å². The van der Waals surface area contributed by atoms with Gasteiger partial charge in [0.1, 0.15) is 11.3 Å². The van der Waals surface area contributed by atoms with Crippen LogP contribution in [0.4, 0.5) is 0 Å². The fraction of sp³-hybridized carbons (Fsp3) is 0.136. The lowest BCUT2D eigenvalue weighted by Crippen LogP contribution is -2.13. The Labute approximate surface area is 161 Å². The zero-order valence-electron chi connectivity index (χ0n) is 14.8. The molecule has 0 spiro atoms. The zero-order valence-corrected chi connectivity index (χ0v) is 15.5. The van der Waals surface area contributed by atoms with Gasteiger partial charge in [-0.2, -0.15) is 0 Å². The molecule has 0 radical (unpaired) electrons. The molecule has 136 valence electrons. The van der Waals surface area contributed by atoms with Crippen LogP contribution >= 0.6 is 11.6 Å². The third-order valence-corrected chi connectivity index (χ3v) is 4.85. The van der Waals surface area contributed by atoms with Crippen molar-refractivity contribution in [3.05, 3.63) is 87.0 Å². The Kier molecular flexibility index (Phi) is 4.84. The van der Waals surface area contributed by atoms with Crippen molar-refractivity contribution < 1.29 is 9.15 Å². The normalized spacial score (nSPS) is 11.2. The maximum atomic E-state index is 12.8. The highest BCUT2D eigenvalue weighted by Gasteiger charge is 2.10. The summed E-state index contributed by atoms with van der Waals surface area (Å²) >= 11 is 6.16. The summed E-state index contributed by atoms with van der Waals surface area (Å²) in [5.41, 5.74) is 2.99. The number of hydrogen-bond acceptors (Lipinski definition) is 4. The fourth-order valence-corrected chi connectivity index (χ4v) is 3.40. The molecular weight excluding hydrogens is 362 g/mol. The number of fused-ring (bicyclic) bond motifs is 2. The highest BCUT2D eigenvalue weighted by Crippen LogP contribution is 2.25. The minimum Gasteiger partial charge on any atom is -0.496 e. The Bertz CT molecular complexity index is 1180. The number of rotatable bonds is 5. The van der Waals surface area contributed by atoms with Crippen LogP contribution in [0, 0.1) is 0 Å². The van der Waals surface area contributed by atoms with E-state index < -0.39 is 0 Å². The lowest BCUT2D eigenvalue weighted by atomic mass is 10.1. The lowest BCUT2D eigenvalue weighted by molar-refractivity contribution is 0.407. The van der Waals surface area contributed by atoms with E-state index in [1.165, 1.54) is 0 Å². The molecule has 0 aliphatic rings. The molecule has 0 unspecified atom stereocenters. The second-order valence-corrected chi connectivity index (χ2v) is 6.70. The van der Waals surface area contributed by atoms with Crippen LogP contribution in [0.2, 0.25) is 5.02 Å². The molecule has 0 aliphatic heterocycles. The molecule has 1 heterocycles. The van der Waals surface area contributed by atoms with Crippen molar-refractivity contribution in [1.29, 1.82) is 0 Å². The van der Waals surface area contributed by atoms with Gasteiger partial charge in [0.15, 0.2) is 5.58 Å². The average molecular weight is 380 g/mol. The van der Waals surface area contributed by atoms with E-state index in [2.05, 4.69) is 5.32 Å². The molecule has 1 N–H and O–H groups in total. The van der Waals surface area contributed by atoms with Crippen LogP contribution in [0.15, 0.2) is 69.9 Å². The zero-order chi connectivity index (χ0) is 18.8. The average Bonchev–Trinajstić information content (AvgIpc) is 2.70. The first-order valence-corrected chi connectivity index (χ1v) is 9.02. The van der Waals surface area contributed by atoms with Gasteiger partial charge in [-0.3, -0.25) is 4.79 Å². The van der Waals surface area contributed by atoms with Gasteiger partial charge >= 0.3 is 0 Å². The second-order valence-electron chi connectivity index (χ2n) is 6.29. The second kappa shape index (κ2) is 7.43. The van der Waals surface area contributed by atoms with Crippen molar-refractivity contribution in [2.75, 3.05) is 7.11 Å². The monoisotopic (exact) mass is 379 g/mol. The maximum absolute atomic E-state index is 12.8. The molecule has 0 saturated heterocycles. The highest BCUT2D eigenvalue weighted by atomic mass is 35.5. The third-order valence-electron chi connectivity index (χ3n) is 4.55. The highest BCUT2D eigenvalue weighted by molar-refractivity contribution is 6.34. The van der Waals surface area contributed by atoms with Gasteiger partial charge in [0.25, 0.3) is 0 Å². The fourth-order valence-electron chi connectivity index (χ4n) is 3.19. The summed E-state index contributed by atoms with van der Waals surface area (Å²) < 4.78 is 11.2. The van der Waals surface area contributed by atoms with Gasteiger partial charge in [-0.25, -0.2) is 0 Å². The van der Waals surface area contributed by atoms with Crippen molar-refractivity contribution in [2.24, 2.45) is 0 Å². The van der Waals surface area contributed by atoms with Gasteiger partial charge in [-0.1, -0.05) is 41.9 Å². The molecule has 4 aromatic rings. The van der Waals surface area contributed by atoms with Crippen LogP contribution in [-0.2, 0) is 13.1 Å². The molecule has 1 aromatic heterocycles. The maximum Gasteiger partial charge on any atom is 0.200 e. The van der Waals surface area contributed by atoms with Gasteiger partial charge in [0, 0.05) is 18.7 Å². The quantitative estimate of drug-likeness (QED) is 0.501. The van der Waals surface area contributed by atoms with E-state index in [0.29, 0.717) is 40.1 Å². The summed E-state index contributed by atoms with van der Waals surface area (Å²) in [5, 5.41) is 4.88. The molecule has 0 fully saturated rings. The summed E-state index contributed by atoms with van der Waals surface area (Å²) in [4.78, 5) is 12.8. The van der Waals surface area contributed by atoms with Gasteiger partial charge in [0.2, 0.25) is 5.43 Å². The number of nitrogens with one attached hydrogen (secondary N) is 1. The number of methoxy groups -OCH3 is 1. The summed E-state index contributed by atoms with van der Waals surface area (Å²) in [6, 6.07) is 18.7. The van der Waals surface area contributed by atoms with Crippen molar-refractivity contribution in [3.8, 4) is 5.75 Å². The first-order valence-electron chi connectivity index (χ1n) is 8.64. The smallest absolute Gasteiger partial charge is 0.200 e. The van der Waals surface area contributed by atoms with E-state index in [4.69, 9.17) is 20.8 Å². The minimum absolute atomic E-state index is 0.0691. The van der Waals surface area contributed by atoms with Crippen LogP contribution in [-0.4, -0.2) is 7.11 Å². The molecule has 0 aliphatic carbocycles. The standard InChI is InChI=1S/C22H18ClNO3/c1-26-19-8-3-2-5-15(19)13-24-12-14-9-10-20-17(11-14)21(25)16-6-4-7-18(23)22(16)27-20/h2-11,24H,12-13H2,1H3. The largest absolute Gasteiger partial charge is 0.496 e. The molecule has 5 heteroatoms. The Morgan fingerprint density at radius 1 is 1.00 bits per heavy atom. The molecule has 4 rings (SSSR count). The molecular formula is C22H18ClNO3. The van der Waals surface area contributed by atoms with E-state index in [-0.39, 0.29) is 5.43 Å². The molecule has 0 atom stereocenters. The van der Waals surface area contributed by atoms with Crippen LogP contribution in [0.25, 0.3) is 21.9 Å². The Hall–Kier alpha value is -2.82. The molecule has 0 saturated carbocycles. The van der Waals surface area contributed by atoms with Gasteiger partial charge in [-0.05, 0) is 35.9 Å². The molecule has 4 nitrogen and oxygen atoms in total. The number of ether oxygens (including phenoxy) is 1. The van der Waals surface area contributed by atoms with Crippen molar-refractivity contribution in [1.82, 2.24) is 5.32 Å². The predicted molar refractivity (Wildman–Crippen MR) is 109 cm³/mol. The van der Waals surface area contributed by atoms with Crippen molar-refractivity contribution in [2.45, 2.75) is 13.1 Å². The number of para-hydroxylation sites is 2. The van der Waals surface area contributed by atoms with E-state index >= 15 is 0 Å². The molecule has 3 aromatic carbocycles. The summed E-state index contributed by atoms with van der Waals surface area (Å²) in [6.07, 6.45) is 0. The van der Waals surface area contributed by atoms with Crippen LogP contribution in [0.5, 0.6) is 5.75 Å². The SMILES string of the molecule is COc1ccccc1CNCc1ccc2oc3c(Cl)cccc3c(=O)c2c1. The predicted octanol–water partition coefficient (Wildman–Crippen LogP) is 4.90. The minimum atomic E-state index is -0.0691.